The molecule has 1 saturated carbocycles. The van der Waals surface area contributed by atoms with E-state index < -0.39 is 5.25 Å². The number of hydrogen-bond donors (Lipinski definition) is 1. The molecule has 1 aromatic rings. The molecule has 0 aromatic heterocycles. The summed E-state index contributed by atoms with van der Waals surface area (Å²) in [4.78, 5) is 32.0. The molecular formula is C20H26ClN3O2S. The van der Waals surface area contributed by atoms with Crippen molar-refractivity contribution in [1.82, 2.24) is 4.90 Å². The van der Waals surface area contributed by atoms with Crippen LogP contribution in [0.25, 0.3) is 0 Å². The van der Waals surface area contributed by atoms with Gasteiger partial charge in [-0.25, -0.2) is 0 Å². The highest BCUT2D eigenvalue weighted by molar-refractivity contribution is 8.15. The number of rotatable bonds is 5. The molecule has 0 spiro atoms. The Morgan fingerprint density at radius 3 is 2.78 bits per heavy atom. The molecule has 2 fully saturated rings. The molecular weight excluding hydrogens is 382 g/mol. The summed E-state index contributed by atoms with van der Waals surface area (Å²) in [7, 11) is 0. The van der Waals surface area contributed by atoms with Gasteiger partial charge in [0.25, 0.3) is 0 Å². The number of thioether (sulfide) groups is 1. The van der Waals surface area contributed by atoms with Gasteiger partial charge in [-0.05, 0) is 44.4 Å². The minimum Gasteiger partial charge on any atom is -0.326 e. The van der Waals surface area contributed by atoms with Crippen molar-refractivity contribution in [1.29, 1.82) is 0 Å². The average molecular weight is 408 g/mol. The second kappa shape index (κ2) is 9.11. The van der Waals surface area contributed by atoms with E-state index in [1.807, 2.05) is 24.8 Å². The van der Waals surface area contributed by atoms with Gasteiger partial charge >= 0.3 is 0 Å². The standard InChI is InChI=1S/C20H26ClN3O2S/c1-3-22-20-24(14-8-5-4-6-9-14)19(26)17(27-20)12-18(25)23-16-11-7-10-15(21)13(16)2/h7,10-11,14,17H,3-6,8-9,12H2,1-2H3,(H,23,25)/t17-/m0/s1. The lowest BCUT2D eigenvalue weighted by Crippen LogP contribution is -2.42. The average Bonchev–Trinajstić information content (AvgIpc) is 2.95. The molecule has 1 heterocycles. The van der Waals surface area contributed by atoms with Gasteiger partial charge in [-0.1, -0.05) is 48.7 Å². The Balaban J connectivity index is 1.69. The lowest BCUT2D eigenvalue weighted by atomic mass is 9.94. The van der Waals surface area contributed by atoms with Gasteiger partial charge in [0, 0.05) is 29.7 Å². The molecule has 2 amide bonds. The summed E-state index contributed by atoms with van der Waals surface area (Å²) in [5.41, 5.74) is 1.52. The van der Waals surface area contributed by atoms with Crippen molar-refractivity contribution in [3.05, 3.63) is 28.8 Å². The second-order valence-corrected chi connectivity index (χ2v) is 8.61. The summed E-state index contributed by atoms with van der Waals surface area (Å²) in [5, 5.41) is 3.88. The van der Waals surface area contributed by atoms with Crippen molar-refractivity contribution in [3.8, 4) is 0 Å². The normalized spacial score (nSPS) is 22.5. The Labute approximate surface area is 169 Å². The number of nitrogens with zero attached hydrogens (tertiary/aromatic N) is 2. The van der Waals surface area contributed by atoms with Gasteiger partial charge in [-0.2, -0.15) is 0 Å². The third-order valence-corrected chi connectivity index (χ3v) is 6.71. The summed E-state index contributed by atoms with van der Waals surface area (Å²) < 4.78 is 0. The van der Waals surface area contributed by atoms with Crippen molar-refractivity contribution < 1.29 is 9.59 Å². The first kappa shape index (κ1) is 20.2. The summed E-state index contributed by atoms with van der Waals surface area (Å²) in [6.45, 7) is 4.47. The fourth-order valence-electron chi connectivity index (χ4n) is 3.65. The third kappa shape index (κ3) is 4.66. The smallest absolute Gasteiger partial charge is 0.242 e. The van der Waals surface area contributed by atoms with Gasteiger partial charge in [0.2, 0.25) is 11.8 Å². The molecule has 2 aliphatic rings. The second-order valence-electron chi connectivity index (χ2n) is 7.03. The maximum Gasteiger partial charge on any atom is 0.242 e. The van der Waals surface area contributed by atoms with E-state index in [1.54, 1.807) is 12.1 Å². The van der Waals surface area contributed by atoms with Gasteiger partial charge in [0.15, 0.2) is 5.17 Å². The molecule has 146 valence electrons. The Bertz CT molecular complexity index is 747. The molecule has 1 aromatic carbocycles. The molecule has 1 aliphatic carbocycles. The van der Waals surface area contributed by atoms with E-state index in [2.05, 4.69) is 10.3 Å². The predicted molar refractivity (Wildman–Crippen MR) is 113 cm³/mol. The minimum absolute atomic E-state index is 0.0251. The first-order chi connectivity index (χ1) is 13.0. The summed E-state index contributed by atoms with van der Waals surface area (Å²) in [5.74, 6) is -0.148. The number of carbonyl (C=O) groups excluding carboxylic acids is 2. The van der Waals surface area contributed by atoms with Crippen LogP contribution in [0.3, 0.4) is 0 Å². The van der Waals surface area contributed by atoms with Crippen molar-refractivity contribution in [2.75, 3.05) is 11.9 Å². The Kier molecular flexibility index (Phi) is 6.82. The van der Waals surface area contributed by atoms with Gasteiger partial charge in [-0.3, -0.25) is 19.5 Å². The minimum atomic E-state index is -0.406. The number of benzene rings is 1. The molecule has 0 bridgehead atoms. The van der Waals surface area contributed by atoms with E-state index in [4.69, 9.17) is 11.6 Å². The zero-order valence-electron chi connectivity index (χ0n) is 15.8. The summed E-state index contributed by atoms with van der Waals surface area (Å²) >= 11 is 7.55. The maximum absolute atomic E-state index is 13.0. The molecule has 3 rings (SSSR count). The van der Waals surface area contributed by atoms with Crippen LogP contribution in [0.1, 0.15) is 51.0 Å². The Morgan fingerprint density at radius 2 is 2.07 bits per heavy atom. The van der Waals surface area contributed by atoms with Crippen LogP contribution in [0, 0.1) is 6.92 Å². The number of anilines is 1. The van der Waals surface area contributed by atoms with E-state index in [0.717, 1.165) is 36.4 Å². The van der Waals surface area contributed by atoms with Crippen molar-refractivity contribution in [3.63, 3.8) is 0 Å². The number of nitrogens with one attached hydrogen (secondary N) is 1. The summed E-state index contributed by atoms with van der Waals surface area (Å²) in [6, 6.07) is 5.64. The van der Waals surface area contributed by atoms with Crippen molar-refractivity contribution >= 4 is 46.0 Å². The van der Waals surface area contributed by atoms with Crippen LogP contribution >= 0.6 is 23.4 Å². The van der Waals surface area contributed by atoms with Gasteiger partial charge in [0.05, 0.1) is 0 Å². The maximum atomic E-state index is 13.0. The number of halogens is 1. The van der Waals surface area contributed by atoms with E-state index in [1.165, 1.54) is 18.2 Å². The molecule has 1 N–H and O–H groups in total. The SMILES string of the molecule is CCN=C1S[C@@H](CC(=O)Nc2cccc(Cl)c2C)C(=O)N1C1CCCCC1. The highest BCUT2D eigenvalue weighted by Crippen LogP contribution is 2.35. The predicted octanol–water partition coefficient (Wildman–Crippen LogP) is 4.63. The zero-order valence-corrected chi connectivity index (χ0v) is 17.4. The fraction of sp³-hybridized carbons (Fsp3) is 0.550. The summed E-state index contributed by atoms with van der Waals surface area (Å²) in [6.07, 6.45) is 5.72. The van der Waals surface area contributed by atoms with Crippen LogP contribution in [-0.2, 0) is 9.59 Å². The van der Waals surface area contributed by atoms with E-state index in [0.29, 0.717) is 17.3 Å². The molecule has 1 aliphatic heterocycles. The van der Waals surface area contributed by atoms with Gasteiger partial charge in [-0.15, -0.1) is 0 Å². The third-order valence-electron chi connectivity index (χ3n) is 5.11. The van der Waals surface area contributed by atoms with E-state index >= 15 is 0 Å². The number of amidine groups is 1. The first-order valence-electron chi connectivity index (χ1n) is 9.60. The Morgan fingerprint density at radius 1 is 1.33 bits per heavy atom. The number of carbonyl (C=O) groups is 2. The van der Waals surface area contributed by atoms with Crippen LogP contribution in [0.15, 0.2) is 23.2 Å². The van der Waals surface area contributed by atoms with Crippen LogP contribution < -0.4 is 5.32 Å². The van der Waals surface area contributed by atoms with Crippen LogP contribution in [0.2, 0.25) is 5.02 Å². The fourth-order valence-corrected chi connectivity index (χ4v) is 5.08. The van der Waals surface area contributed by atoms with Crippen LogP contribution in [-0.4, -0.2) is 39.7 Å². The van der Waals surface area contributed by atoms with E-state index in [9.17, 15) is 9.59 Å². The monoisotopic (exact) mass is 407 g/mol. The zero-order chi connectivity index (χ0) is 19.4. The lowest BCUT2D eigenvalue weighted by Gasteiger charge is -2.30. The number of amides is 2. The molecule has 27 heavy (non-hydrogen) atoms. The molecule has 1 saturated heterocycles. The van der Waals surface area contributed by atoms with Crippen LogP contribution in [0.5, 0.6) is 0 Å². The molecule has 7 heteroatoms. The van der Waals surface area contributed by atoms with Crippen LogP contribution in [0.4, 0.5) is 5.69 Å². The first-order valence-corrected chi connectivity index (χ1v) is 10.9. The highest BCUT2D eigenvalue weighted by atomic mass is 35.5. The highest BCUT2D eigenvalue weighted by Gasteiger charge is 2.42. The van der Waals surface area contributed by atoms with Crippen molar-refractivity contribution in [2.45, 2.75) is 63.7 Å². The van der Waals surface area contributed by atoms with E-state index in [-0.39, 0.29) is 24.3 Å². The van der Waals surface area contributed by atoms with Gasteiger partial charge in [0.1, 0.15) is 5.25 Å². The number of hydrogen-bond acceptors (Lipinski definition) is 4. The molecule has 5 nitrogen and oxygen atoms in total. The molecule has 0 radical (unpaired) electrons. The molecule has 0 unspecified atom stereocenters. The molecule has 1 atom stereocenters. The quantitative estimate of drug-likeness (QED) is 0.773. The largest absolute Gasteiger partial charge is 0.326 e. The van der Waals surface area contributed by atoms with Gasteiger partial charge < -0.3 is 5.32 Å². The lowest BCUT2D eigenvalue weighted by molar-refractivity contribution is -0.130. The Hall–Kier alpha value is -1.53. The van der Waals surface area contributed by atoms with Crippen molar-refractivity contribution in [2.24, 2.45) is 4.99 Å². The topological polar surface area (TPSA) is 61.8 Å². The number of aliphatic imine (C=N–C) groups is 1.